The lowest BCUT2D eigenvalue weighted by molar-refractivity contribution is 0.0951. The summed E-state index contributed by atoms with van der Waals surface area (Å²) in [6.45, 7) is 3.78. The van der Waals surface area contributed by atoms with Gasteiger partial charge in [0.1, 0.15) is 5.75 Å². The largest absolute Gasteiger partial charge is 0.495 e. The van der Waals surface area contributed by atoms with E-state index >= 15 is 0 Å². The van der Waals surface area contributed by atoms with Crippen LogP contribution in [0.15, 0.2) is 36.4 Å². The van der Waals surface area contributed by atoms with E-state index in [0.29, 0.717) is 27.6 Å². The van der Waals surface area contributed by atoms with Gasteiger partial charge in [-0.2, -0.15) is 5.26 Å². The molecule has 0 bridgehead atoms. The molecule has 0 aliphatic rings. The van der Waals surface area contributed by atoms with E-state index in [1.54, 1.807) is 24.3 Å². The maximum atomic E-state index is 12.7. The third-order valence-electron chi connectivity index (χ3n) is 3.93. The normalized spacial score (nSPS) is 10.8. The summed E-state index contributed by atoms with van der Waals surface area (Å²) in [5.74, 6) is 0.224. The van der Waals surface area contributed by atoms with Gasteiger partial charge in [0.2, 0.25) is 0 Å². The number of benzene rings is 2. The fourth-order valence-electron chi connectivity index (χ4n) is 2.41. The number of halogens is 1. The average molecular weight is 388 g/mol. The number of nitrogens with one attached hydrogen (secondary N) is 2. The van der Waals surface area contributed by atoms with E-state index in [1.165, 1.54) is 13.2 Å². The second-order valence-corrected chi connectivity index (χ2v) is 7.10. The Kier molecular flexibility index (Phi) is 6.67. The summed E-state index contributed by atoms with van der Waals surface area (Å²) >= 11 is 6.11. The van der Waals surface area contributed by atoms with Crippen molar-refractivity contribution in [1.82, 2.24) is 5.32 Å². The monoisotopic (exact) mass is 387 g/mol. The first-order valence-electron chi connectivity index (χ1n) is 8.33. The fraction of sp³-hybridized carbons (Fsp3) is 0.300. The van der Waals surface area contributed by atoms with Crippen LogP contribution in [0, 0.1) is 11.3 Å². The fourth-order valence-corrected chi connectivity index (χ4v) is 2.69. The highest BCUT2D eigenvalue weighted by molar-refractivity contribution is 6.32. The van der Waals surface area contributed by atoms with Crippen LogP contribution in [-0.4, -0.2) is 30.3 Å². The van der Waals surface area contributed by atoms with Crippen LogP contribution in [0.4, 0.5) is 5.69 Å². The van der Waals surface area contributed by atoms with Crippen LogP contribution in [0.5, 0.6) is 5.75 Å². The molecule has 27 heavy (non-hydrogen) atoms. The van der Waals surface area contributed by atoms with E-state index in [1.807, 2.05) is 26.0 Å². The van der Waals surface area contributed by atoms with Crippen molar-refractivity contribution in [3.63, 3.8) is 0 Å². The van der Waals surface area contributed by atoms with Gasteiger partial charge in [0.15, 0.2) is 0 Å². The Morgan fingerprint density at radius 2 is 2.04 bits per heavy atom. The van der Waals surface area contributed by atoms with Crippen molar-refractivity contribution in [3.05, 3.63) is 58.1 Å². The van der Waals surface area contributed by atoms with E-state index in [9.17, 15) is 9.90 Å². The van der Waals surface area contributed by atoms with Gasteiger partial charge in [-0.15, -0.1) is 0 Å². The molecule has 0 heterocycles. The van der Waals surface area contributed by atoms with Gasteiger partial charge in [-0.3, -0.25) is 4.79 Å². The molecule has 0 radical (unpaired) electrons. The highest BCUT2D eigenvalue weighted by Gasteiger charge is 2.20. The third-order valence-corrected chi connectivity index (χ3v) is 4.23. The Bertz CT molecular complexity index is 875. The molecule has 2 aromatic carbocycles. The van der Waals surface area contributed by atoms with Gasteiger partial charge in [0, 0.05) is 12.2 Å². The van der Waals surface area contributed by atoms with Gasteiger partial charge in [-0.05, 0) is 49.7 Å². The van der Waals surface area contributed by atoms with Gasteiger partial charge in [0.25, 0.3) is 5.91 Å². The molecule has 3 N–H and O–H groups in total. The molecule has 0 saturated carbocycles. The number of carbonyl (C=O) groups is 1. The zero-order valence-electron chi connectivity index (χ0n) is 15.5. The Balaban J connectivity index is 2.21. The quantitative estimate of drug-likeness (QED) is 0.677. The molecular weight excluding hydrogens is 366 g/mol. The lowest BCUT2D eigenvalue weighted by atomic mass is 10.0. The molecule has 142 valence electrons. The Morgan fingerprint density at radius 3 is 2.63 bits per heavy atom. The number of aliphatic hydroxyl groups excluding tert-OH is 1. The number of nitrogens with zero attached hydrogens (tertiary/aromatic N) is 1. The van der Waals surface area contributed by atoms with Gasteiger partial charge in [-0.1, -0.05) is 17.7 Å². The predicted octanol–water partition coefficient (Wildman–Crippen LogP) is 3.33. The van der Waals surface area contributed by atoms with E-state index in [2.05, 4.69) is 10.6 Å². The van der Waals surface area contributed by atoms with Gasteiger partial charge >= 0.3 is 0 Å². The number of amides is 1. The van der Waals surface area contributed by atoms with Crippen LogP contribution in [-0.2, 0) is 6.54 Å². The molecule has 0 aliphatic carbocycles. The zero-order chi connectivity index (χ0) is 20.0. The second kappa shape index (κ2) is 8.76. The van der Waals surface area contributed by atoms with E-state index < -0.39 is 5.54 Å². The van der Waals surface area contributed by atoms with Crippen LogP contribution in [0.3, 0.4) is 0 Å². The molecule has 7 heteroatoms. The van der Waals surface area contributed by atoms with Crippen LogP contribution < -0.4 is 15.4 Å². The van der Waals surface area contributed by atoms with Crippen molar-refractivity contribution < 1.29 is 14.6 Å². The SMILES string of the molecule is COc1ccc(CNC(=O)c2cc(C#N)ccc2NC(C)(C)CO)cc1Cl. The molecule has 0 saturated heterocycles. The zero-order valence-corrected chi connectivity index (χ0v) is 16.2. The van der Waals surface area contributed by atoms with E-state index in [-0.39, 0.29) is 19.1 Å². The third kappa shape index (κ3) is 5.36. The summed E-state index contributed by atoms with van der Waals surface area (Å²) < 4.78 is 5.11. The van der Waals surface area contributed by atoms with Crippen LogP contribution >= 0.6 is 11.6 Å². The maximum absolute atomic E-state index is 12.7. The van der Waals surface area contributed by atoms with Gasteiger partial charge in [-0.25, -0.2) is 0 Å². The van der Waals surface area contributed by atoms with E-state index in [4.69, 9.17) is 21.6 Å². The number of nitriles is 1. The number of carbonyl (C=O) groups excluding carboxylic acids is 1. The van der Waals surface area contributed by atoms with Crippen molar-refractivity contribution in [2.75, 3.05) is 19.0 Å². The minimum Gasteiger partial charge on any atom is -0.495 e. The number of rotatable bonds is 7. The van der Waals surface area contributed by atoms with Crippen molar-refractivity contribution in [2.24, 2.45) is 0 Å². The van der Waals surface area contributed by atoms with Gasteiger partial charge < -0.3 is 20.5 Å². The van der Waals surface area contributed by atoms with Crippen LogP contribution in [0.25, 0.3) is 0 Å². The predicted molar refractivity (Wildman–Crippen MR) is 105 cm³/mol. The number of hydrogen-bond donors (Lipinski definition) is 3. The number of methoxy groups -OCH3 is 1. The number of ether oxygens (including phenoxy) is 1. The first-order chi connectivity index (χ1) is 12.8. The summed E-state index contributed by atoms with van der Waals surface area (Å²) in [6.07, 6.45) is 0. The first kappa shape index (κ1) is 20.6. The van der Waals surface area contributed by atoms with E-state index in [0.717, 1.165) is 5.56 Å². The minimum atomic E-state index is -0.618. The molecule has 2 aromatic rings. The van der Waals surface area contributed by atoms with Crippen molar-refractivity contribution in [2.45, 2.75) is 25.9 Å². The Labute approximate surface area is 163 Å². The van der Waals surface area contributed by atoms with Crippen LogP contribution in [0.1, 0.15) is 35.3 Å². The molecular formula is C20H22ClN3O3. The molecule has 1 amide bonds. The molecule has 0 fully saturated rings. The Morgan fingerprint density at radius 1 is 1.30 bits per heavy atom. The summed E-state index contributed by atoms with van der Waals surface area (Å²) in [5, 5.41) is 25.0. The molecule has 0 aliphatic heterocycles. The summed E-state index contributed by atoms with van der Waals surface area (Å²) in [5.41, 5.74) is 1.44. The molecule has 0 aromatic heterocycles. The molecule has 2 rings (SSSR count). The summed E-state index contributed by atoms with van der Waals surface area (Å²) in [4.78, 5) is 12.7. The molecule has 0 unspecified atom stereocenters. The summed E-state index contributed by atoms with van der Waals surface area (Å²) in [7, 11) is 1.53. The number of hydrogen-bond acceptors (Lipinski definition) is 5. The average Bonchev–Trinajstić information content (AvgIpc) is 2.66. The Hall–Kier alpha value is -2.75. The lowest BCUT2D eigenvalue weighted by Gasteiger charge is -2.26. The smallest absolute Gasteiger partial charge is 0.253 e. The topological polar surface area (TPSA) is 94.4 Å². The molecule has 0 spiro atoms. The minimum absolute atomic E-state index is 0.113. The first-order valence-corrected chi connectivity index (χ1v) is 8.71. The van der Waals surface area contributed by atoms with Crippen molar-refractivity contribution in [1.29, 1.82) is 5.26 Å². The highest BCUT2D eigenvalue weighted by atomic mass is 35.5. The van der Waals surface area contributed by atoms with Crippen molar-refractivity contribution in [3.8, 4) is 11.8 Å². The van der Waals surface area contributed by atoms with Crippen molar-refractivity contribution >= 4 is 23.2 Å². The number of aliphatic hydroxyl groups is 1. The molecule has 0 atom stereocenters. The lowest BCUT2D eigenvalue weighted by Crippen LogP contribution is -2.36. The second-order valence-electron chi connectivity index (χ2n) is 6.69. The van der Waals surface area contributed by atoms with Crippen LogP contribution in [0.2, 0.25) is 5.02 Å². The standard InChI is InChI=1S/C20H22ClN3O3/c1-20(2,12-25)24-17-6-4-13(10-22)8-15(17)19(26)23-11-14-5-7-18(27-3)16(21)9-14/h4-9,24-25H,11-12H2,1-3H3,(H,23,26). The van der Waals surface area contributed by atoms with Gasteiger partial charge in [0.05, 0.1) is 41.5 Å². The maximum Gasteiger partial charge on any atom is 0.253 e. The highest BCUT2D eigenvalue weighted by Crippen LogP contribution is 2.25. The summed E-state index contributed by atoms with van der Waals surface area (Å²) in [6, 6.07) is 12.1. The molecule has 6 nitrogen and oxygen atoms in total. The number of anilines is 1.